The van der Waals surface area contributed by atoms with E-state index in [1.165, 1.54) is 34.9 Å². The fraction of sp³-hybridized carbons (Fsp3) is 0.263. The molecule has 0 aliphatic heterocycles. The van der Waals surface area contributed by atoms with Crippen molar-refractivity contribution in [3.05, 3.63) is 63.8 Å². The molecule has 3 rings (SSSR count). The predicted octanol–water partition coefficient (Wildman–Crippen LogP) is 4.06. The molecule has 0 N–H and O–H groups in total. The summed E-state index contributed by atoms with van der Waals surface area (Å²) in [5.41, 5.74) is 4.52. The van der Waals surface area contributed by atoms with Gasteiger partial charge in [0.1, 0.15) is 5.75 Å². The van der Waals surface area contributed by atoms with E-state index in [4.69, 9.17) is 0 Å². The number of hydrogen-bond acceptors (Lipinski definition) is 3. The zero-order chi connectivity index (χ0) is 19.9. The molecule has 0 saturated carbocycles. The third-order valence-corrected chi connectivity index (χ3v) is 4.39. The Kier molecular flexibility index (Phi) is 4.59. The third kappa shape index (κ3) is 3.74. The number of nitrogens with zero attached hydrogens (tertiary/aromatic N) is 3. The van der Waals surface area contributed by atoms with Gasteiger partial charge in [0.05, 0.1) is 5.69 Å². The van der Waals surface area contributed by atoms with Gasteiger partial charge in [-0.1, -0.05) is 0 Å². The molecule has 0 aliphatic carbocycles. The van der Waals surface area contributed by atoms with E-state index in [1.54, 1.807) is 10.9 Å². The SMILES string of the molecule is Cc1cc(=O)n(-c2ccc(OC(F)(F)F)cc2)cc1-c1c(C)nn(C)c1C. The molecular formula is C19H18F3N3O2. The van der Waals surface area contributed by atoms with Gasteiger partial charge in [0.15, 0.2) is 0 Å². The standard InChI is InChI=1S/C19H18F3N3O2/c1-11-9-17(26)25(10-16(11)18-12(2)23-24(4)13(18)3)14-5-7-15(8-6-14)27-19(20,21)22/h5-10H,1-4H3. The minimum absolute atomic E-state index is 0.278. The summed E-state index contributed by atoms with van der Waals surface area (Å²) in [6, 6.07) is 6.67. The molecule has 3 aromatic rings. The molecule has 0 aliphatic rings. The summed E-state index contributed by atoms with van der Waals surface area (Å²) in [6.45, 7) is 5.67. The summed E-state index contributed by atoms with van der Waals surface area (Å²) in [4.78, 5) is 12.4. The molecule has 0 atom stereocenters. The lowest BCUT2D eigenvalue weighted by molar-refractivity contribution is -0.274. The van der Waals surface area contributed by atoms with E-state index < -0.39 is 6.36 Å². The first-order valence-electron chi connectivity index (χ1n) is 8.17. The average Bonchev–Trinajstić information content (AvgIpc) is 2.80. The van der Waals surface area contributed by atoms with Crippen molar-refractivity contribution >= 4 is 0 Å². The number of aryl methyl sites for hydroxylation is 3. The van der Waals surface area contributed by atoms with Crippen LogP contribution in [0.2, 0.25) is 0 Å². The Labute approximate surface area is 153 Å². The van der Waals surface area contributed by atoms with Crippen LogP contribution in [0, 0.1) is 20.8 Å². The number of rotatable bonds is 3. The lowest BCUT2D eigenvalue weighted by atomic mass is 10.0. The van der Waals surface area contributed by atoms with Crippen LogP contribution in [0.25, 0.3) is 16.8 Å². The molecule has 5 nitrogen and oxygen atoms in total. The van der Waals surface area contributed by atoms with E-state index in [0.717, 1.165) is 28.1 Å². The number of aromatic nitrogens is 3. The second kappa shape index (κ2) is 6.61. The van der Waals surface area contributed by atoms with E-state index >= 15 is 0 Å². The molecule has 0 radical (unpaired) electrons. The van der Waals surface area contributed by atoms with Crippen molar-refractivity contribution in [1.82, 2.24) is 14.3 Å². The molecule has 0 fully saturated rings. The van der Waals surface area contributed by atoms with Crippen LogP contribution in [-0.4, -0.2) is 20.7 Å². The maximum Gasteiger partial charge on any atom is 0.573 e. The Morgan fingerprint density at radius 3 is 2.22 bits per heavy atom. The van der Waals surface area contributed by atoms with E-state index in [1.807, 2.05) is 27.8 Å². The van der Waals surface area contributed by atoms with E-state index in [9.17, 15) is 18.0 Å². The fourth-order valence-corrected chi connectivity index (χ4v) is 3.06. The van der Waals surface area contributed by atoms with Gasteiger partial charge in [0.2, 0.25) is 0 Å². The summed E-state index contributed by atoms with van der Waals surface area (Å²) >= 11 is 0. The summed E-state index contributed by atoms with van der Waals surface area (Å²) in [5, 5.41) is 4.40. The average molecular weight is 377 g/mol. The smallest absolute Gasteiger partial charge is 0.406 e. The van der Waals surface area contributed by atoms with Crippen molar-refractivity contribution < 1.29 is 17.9 Å². The Bertz CT molecular complexity index is 1050. The van der Waals surface area contributed by atoms with E-state index in [-0.39, 0.29) is 11.3 Å². The zero-order valence-corrected chi connectivity index (χ0v) is 15.3. The molecule has 2 heterocycles. The van der Waals surface area contributed by atoms with Crippen molar-refractivity contribution in [1.29, 1.82) is 0 Å². The highest BCUT2D eigenvalue weighted by Gasteiger charge is 2.31. The number of benzene rings is 1. The van der Waals surface area contributed by atoms with Gasteiger partial charge in [0.25, 0.3) is 5.56 Å². The second-order valence-electron chi connectivity index (χ2n) is 6.29. The van der Waals surface area contributed by atoms with Crippen LogP contribution >= 0.6 is 0 Å². The minimum Gasteiger partial charge on any atom is -0.406 e. The lowest BCUT2D eigenvalue weighted by Crippen LogP contribution is -2.19. The molecule has 8 heteroatoms. The molecule has 2 aromatic heterocycles. The fourth-order valence-electron chi connectivity index (χ4n) is 3.06. The van der Waals surface area contributed by atoms with Crippen molar-refractivity contribution in [2.24, 2.45) is 7.05 Å². The molecule has 0 amide bonds. The summed E-state index contributed by atoms with van der Waals surface area (Å²) < 4.78 is 44.0. The van der Waals surface area contributed by atoms with Crippen LogP contribution in [0.5, 0.6) is 5.75 Å². The van der Waals surface area contributed by atoms with Gasteiger partial charge in [-0.05, 0) is 50.6 Å². The van der Waals surface area contributed by atoms with Gasteiger partial charge in [-0.2, -0.15) is 5.10 Å². The minimum atomic E-state index is -4.76. The summed E-state index contributed by atoms with van der Waals surface area (Å²) in [6.07, 6.45) is -3.07. The first kappa shape index (κ1) is 18.8. The zero-order valence-electron chi connectivity index (χ0n) is 15.3. The van der Waals surface area contributed by atoms with Crippen LogP contribution in [0.15, 0.2) is 41.3 Å². The largest absolute Gasteiger partial charge is 0.573 e. The van der Waals surface area contributed by atoms with Crippen molar-refractivity contribution in [2.75, 3.05) is 0 Å². The maximum absolute atomic E-state index is 12.4. The molecule has 0 bridgehead atoms. The topological polar surface area (TPSA) is 49.1 Å². The van der Waals surface area contributed by atoms with Crippen LogP contribution in [0.3, 0.4) is 0 Å². The molecule has 27 heavy (non-hydrogen) atoms. The highest BCUT2D eigenvalue weighted by molar-refractivity contribution is 5.71. The highest BCUT2D eigenvalue weighted by Crippen LogP contribution is 2.29. The van der Waals surface area contributed by atoms with E-state index in [2.05, 4.69) is 9.84 Å². The van der Waals surface area contributed by atoms with Crippen molar-refractivity contribution in [2.45, 2.75) is 27.1 Å². The number of alkyl halides is 3. The summed E-state index contributed by atoms with van der Waals surface area (Å²) in [5.74, 6) is -0.342. The Morgan fingerprint density at radius 2 is 1.70 bits per heavy atom. The Hall–Kier alpha value is -3.03. The number of halogens is 3. The van der Waals surface area contributed by atoms with Gasteiger partial charge < -0.3 is 4.74 Å². The first-order chi connectivity index (χ1) is 12.6. The molecule has 142 valence electrons. The van der Waals surface area contributed by atoms with Gasteiger partial charge in [-0.3, -0.25) is 14.0 Å². The monoisotopic (exact) mass is 377 g/mol. The van der Waals surface area contributed by atoms with Gasteiger partial charge in [-0.25, -0.2) is 0 Å². The number of ether oxygens (including phenoxy) is 1. The maximum atomic E-state index is 12.4. The van der Waals surface area contributed by atoms with Crippen molar-refractivity contribution in [3.63, 3.8) is 0 Å². The predicted molar refractivity (Wildman–Crippen MR) is 95.1 cm³/mol. The van der Waals surface area contributed by atoms with Crippen LogP contribution < -0.4 is 10.3 Å². The van der Waals surface area contributed by atoms with Gasteiger partial charge in [0, 0.05) is 41.8 Å². The van der Waals surface area contributed by atoms with Crippen LogP contribution in [0.4, 0.5) is 13.2 Å². The first-order valence-corrected chi connectivity index (χ1v) is 8.17. The molecule has 0 spiro atoms. The second-order valence-corrected chi connectivity index (χ2v) is 6.29. The third-order valence-electron chi connectivity index (χ3n) is 4.39. The number of hydrogen-bond donors (Lipinski definition) is 0. The summed E-state index contributed by atoms with van der Waals surface area (Å²) in [7, 11) is 1.84. The van der Waals surface area contributed by atoms with Crippen LogP contribution in [0.1, 0.15) is 17.0 Å². The number of pyridine rings is 1. The van der Waals surface area contributed by atoms with Crippen LogP contribution in [-0.2, 0) is 7.05 Å². The molecule has 0 saturated heterocycles. The van der Waals surface area contributed by atoms with Crippen molar-refractivity contribution in [3.8, 4) is 22.6 Å². The highest BCUT2D eigenvalue weighted by atomic mass is 19.4. The van der Waals surface area contributed by atoms with Gasteiger partial charge >= 0.3 is 6.36 Å². The van der Waals surface area contributed by atoms with E-state index in [0.29, 0.717) is 5.69 Å². The quantitative estimate of drug-likeness (QED) is 0.692. The molecular weight excluding hydrogens is 359 g/mol. The van der Waals surface area contributed by atoms with Gasteiger partial charge in [-0.15, -0.1) is 13.2 Å². The molecule has 0 unspecified atom stereocenters. The Morgan fingerprint density at radius 1 is 1.07 bits per heavy atom. The normalized spacial score (nSPS) is 11.7. The lowest BCUT2D eigenvalue weighted by Gasteiger charge is -2.13. The molecule has 1 aromatic carbocycles. The Balaban J connectivity index is 2.08.